The topological polar surface area (TPSA) is 58.3 Å². The molecule has 100 valence electrons. The molecule has 1 aromatic carbocycles. The van der Waals surface area contributed by atoms with Crippen molar-refractivity contribution in [2.75, 3.05) is 24.2 Å². The molecule has 4 N–H and O–H groups in total. The van der Waals surface area contributed by atoms with Crippen LogP contribution < -0.4 is 11.1 Å². The highest BCUT2D eigenvalue weighted by Gasteiger charge is 2.26. The van der Waals surface area contributed by atoms with Crippen LogP contribution in [0.4, 0.5) is 11.4 Å². The molecule has 0 aliphatic heterocycles. The molecule has 0 heterocycles. The number of hydrogen-bond donors (Lipinski definition) is 3. The summed E-state index contributed by atoms with van der Waals surface area (Å²) in [6, 6.07) is 4.01. The van der Waals surface area contributed by atoms with Gasteiger partial charge >= 0.3 is 0 Å². The highest BCUT2D eigenvalue weighted by molar-refractivity contribution is 9.10. The predicted octanol–water partition coefficient (Wildman–Crippen LogP) is 3.16. The summed E-state index contributed by atoms with van der Waals surface area (Å²) in [5.41, 5.74) is 8.84. The highest BCUT2D eigenvalue weighted by Crippen LogP contribution is 2.33. The van der Waals surface area contributed by atoms with E-state index in [0.717, 1.165) is 34.4 Å². The van der Waals surface area contributed by atoms with E-state index in [9.17, 15) is 5.11 Å². The third-order valence-corrected chi connectivity index (χ3v) is 4.62. The van der Waals surface area contributed by atoms with Gasteiger partial charge in [-0.3, -0.25) is 0 Å². The second-order valence-corrected chi connectivity index (χ2v) is 6.06. The third-order valence-electron chi connectivity index (χ3n) is 3.96. The van der Waals surface area contributed by atoms with Crippen LogP contribution in [0, 0.1) is 18.8 Å². The van der Waals surface area contributed by atoms with Crippen molar-refractivity contribution in [3.63, 3.8) is 0 Å². The van der Waals surface area contributed by atoms with E-state index in [0.29, 0.717) is 18.4 Å². The van der Waals surface area contributed by atoms with Crippen LogP contribution in [0.2, 0.25) is 0 Å². The van der Waals surface area contributed by atoms with Gasteiger partial charge in [0.1, 0.15) is 0 Å². The summed E-state index contributed by atoms with van der Waals surface area (Å²) < 4.78 is 1.00. The van der Waals surface area contributed by atoms with Gasteiger partial charge in [-0.05, 0) is 65.2 Å². The van der Waals surface area contributed by atoms with Crippen LogP contribution in [0.1, 0.15) is 24.8 Å². The molecule has 0 saturated heterocycles. The normalized spacial score (nSPS) is 23.3. The van der Waals surface area contributed by atoms with Gasteiger partial charge in [0.25, 0.3) is 0 Å². The van der Waals surface area contributed by atoms with E-state index < -0.39 is 0 Å². The average Bonchev–Trinajstić information content (AvgIpc) is 2.79. The maximum atomic E-state index is 9.32. The number of nitrogens with one attached hydrogen (secondary N) is 1. The number of anilines is 2. The van der Waals surface area contributed by atoms with Crippen LogP contribution in [0.15, 0.2) is 16.6 Å². The maximum absolute atomic E-state index is 9.32. The molecular formula is C14H21BrN2O. The van der Waals surface area contributed by atoms with E-state index in [1.54, 1.807) is 0 Å². The lowest BCUT2D eigenvalue weighted by molar-refractivity contribution is 0.199. The van der Waals surface area contributed by atoms with Crippen LogP contribution in [0.3, 0.4) is 0 Å². The van der Waals surface area contributed by atoms with Crippen molar-refractivity contribution in [1.29, 1.82) is 0 Å². The highest BCUT2D eigenvalue weighted by atomic mass is 79.9. The van der Waals surface area contributed by atoms with Crippen LogP contribution in [0.25, 0.3) is 0 Å². The quantitative estimate of drug-likeness (QED) is 0.748. The molecule has 0 aromatic heterocycles. The number of benzene rings is 1. The Labute approximate surface area is 117 Å². The molecule has 18 heavy (non-hydrogen) atoms. The number of aryl methyl sites for hydroxylation is 1. The zero-order chi connectivity index (χ0) is 13.1. The molecule has 0 radical (unpaired) electrons. The monoisotopic (exact) mass is 312 g/mol. The van der Waals surface area contributed by atoms with E-state index in [1.807, 2.05) is 13.0 Å². The van der Waals surface area contributed by atoms with Crippen molar-refractivity contribution in [3.05, 3.63) is 22.2 Å². The van der Waals surface area contributed by atoms with Crippen LogP contribution in [-0.4, -0.2) is 18.3 Å². The summed E-state index contributed by atoms with van der Waals surface area (Å²) in [6.45, 7) is 3.25. The number of hydrogen-bond acceptors (Lipinski definition) is 3. The van der Waals surface area contributed by atoms with Gasteiger partial charge in [0.2, 0.25) is 0 Å². The van der Waals surface area contributed by atoms with Gasteiger partial charge in [0, 0.05) is 29.0 Å². The Bertz CT molecular complexity index is 423. The van der Waals surface area contributed by atoms with Crippen LogP contribution in [-0.2, 0) is 0 Å². The minimum absolute atomic E-state index is 0.314. The Morgan fingerprint density at radius 1 is 1.39 bits per heavy atom. The fourth-order valence-electron chi connectivity index (χ4n) is 2.70. The third kappa shape index (κ3) is 2.98. The Kier molecular flexibility index (Phi) is 4.51. The first-order valence-electron chi connectivity index (χ1n) is 6.52. The Balaban J connectivity index is 2.00. The van der Waals surface area contributed by atoms with Gasteiger partial charge in [-0.1, -0.05) is 6.42 Å². The molecule has 1 saturated carbocycles. The number of rotatable bonds is 4. The fraction of sp³-hybridized carbons (Fsp3) is 0.571. The van der Waals surface area contributed by atoms with Crippen molar-refractivity contribution in [2.24, 2.45) is 11.8 Å². The first-order valence-corrected chi connectivity index (χ1v) is 7.31. The molecule has 0 amide bonds. The van der Waals surface area contributed by atoms with Crippen LogP contribution >= 0.6 is 15.9 Å². The van der Waals surface area contributed by atoms with Gasteiger partial charge in [-0.25, -0.2) is 0 Å². The molecule has 2 unspecified atom stereocenters. The second kappa shape index (κ2) is 5.93. The Morgan fingerprint density at radius 3 is 2.83 bits per heavy atom. The van der Waals surface area contributed by atoms with Crippen molar-refractivity contribution < 1.29 is 5.11 Å². The average molecular weight is 313 g/mol. The van der Waals surface area contributed by atoms with Gasteiger partial charge in [0.05, 0.1) is 0 Å². The number of nitrogens with two attached hydrogens (primary N) is 1. The lowest BCUT2D eigenvalue weighted by Crippen LogP contribution is -2.21. The lowest BCUT2D eigenvalue weighted by atomic mass is 9.97. The molecule has 1 aliphatic rings. The molecule has 0 spiro atoms. The van der Waals surface area contributed by atoms with Crippen molar-refractivity contribution in [1.82, 2.24) is 0 Å². The number of halogens is 1. The fourth-order valence-corrected chi connectivity index (χ4v) is 3.20. The van der Waals surface area contributed by atoms with Crippen molar-refractivity contribution in [2.45, 2.75) is 26.2 Å². The molecule has 3 nitrogen and oxygen atoms in total. The molecule has 4 heteroatoms. The first-order chi connectivity index (χ1) is 8.61. The standard InChI is InChI=1S/C14H21BrN2O/c1-9-5-14(12(15)6-13(9)16)17-7-10-3-2-4-11(10)8-18/h5-6,10-11,17-18H,2-4,7-8,16H2,1H3. The smallest absolute Gasteiger partial charge is 0.0488 e. The summed E-state index contributed by atoms with van der Waals surface area (Å²) in [5, 5.41) is 12.8. The zero-order valence-corrected chi connectivity index (χ0v) is 12.3. The van der Waals surface area contributed by atoms with E-state index in [2.05, 4.69) is 27.3 Å². The van der Waals surface area contributed by atoms with E-state index in [4.69, 9.17) is 5.73 Å². The zero-order valence-electron chi connectivity index (χ0n) is 10.7. The maximum Gasteiger partial charge on any atom is 0.0488 e. The van der Waals surface area contributed by atoms with Crippen molar-refractivity contribution in [3.8, 4) is 0 Å². The summed E-state index contributed by atoms with van der Waals surface area (Å²) in [6.07, 6.45) is 3.61. The SMILES string of the molecule is Cc1cc(NCC2CCCC2CO)c(Br)cc1N. The summed E-state index contributed by atoms with van der Waals surface area (Å²) in [4.78, 5) is 0. The lowest BCUT2D eigenvalue weighted by Gasteiger charge is -2.19. The molecule has 1 fully saturated rings. The van der Waals surface area contributed by atoms with Gasteiger partial charge in [-0.2, -0.15) is 0 Å². The predicted molar refractivity (Wildman–Crippen MR) is 79.7 cm³/mol. The Morgan fingerprint density at radius 2 is 2.11 bits per heavy atom. The number of aliphatic hydroxyl groups excluding tert-OH is 1. The molecule has 2 rings (SSSR count). The summed E-state index contributed by atoms with van der Waals surface area (Å²) >= 11 is 3.53. The van der Waals surface area contributed by atoms with Gasteiger partial charge in [0.15, 0.2) is 0 Å². The largest absolute Gasteiger partial charge is 0.398 e. The molecule has 0 bridgehead atoms. The van der Waals surface area contributed by atoms with Gasteiger partial charge < -0.3 is 16.2 Å². The second-order valence-electron chi connectivity index (χ2n) is 5.20. The van der Waals surface area contributed by atoms with Crippen LogP contribution in [0.5, 0.6) is 0 Å². The van der Waals surface area contributed by atoms with Gasteiger partial charge in [-0.15, -0.1) is 0 Å². The minimum atomic E-state index is 0.314. The summed E-state index contributed by atoms with van der Waals surface area (Å²) in [7, 11) is 0. The van der Waals surface area contributed by atoms with E-state index in [1.165, 1.54) is 12.8 Å². The van der Waals surface area contributed by atoms with Crippen molar-refractivity contribution >= 4 is 27.3 Å². The molecule has 2 atom stereocenters. The van der Waals surface area contributed by atoms with E-state index >= 15 is 0 Å². The summed E-state index contributed by atoms with van der Waals surface area (Å²) in [5.74, 6) is 1.05. The molecular weight excluding hydrogens is 292 g/mol. The minimum Gasteiger partial charge on any atom is -0.398 e. The number of aliphatic hydroxyl groups is 1. The number of nitrogen functional groups attached to an aromatic ring is 1. The Hall–Kier alpha value is -0.740. The van der Waals surface area contributed by atoms with E-state index in [-0.39, 0.29) is 0 Å². The first kappa shape index (κ1) is 13.7. The molecule has 1 aliphatic carbocycles. The molecule has 1 aromatic rings.